The number of rotatable bonds is 8. The molecule has 8 nitrogen and oxygen atoms in total. The van der Waals surface area contributed by atoms with Crippen molar-refractivity contribution in [3.63, 3.8) is 0 Å². The highest BCUT2D eigenvalue weighted by Crippen LogP contribution is 2.41. The van der Waals surface area contributed by atoms with Crippen LogP contribution in [0.2, 0.25) is 0 Å². The van der Waals surface area contributed by atoms with Crippen LogP contribution in [0.4, 0.5) is 0 Å². The van der Waals surface area contributed by atoms with E-state index < -0.39 is 0 Å². The summed E-state index contributed by atoms with van der Waals surface area (Å²) < 4.78 is 6.93. The van der Waals surface area contributed by atoms with Crippen molar-refractivity contribution in [3.05, 3.63) is 271 Å². The van der Waals surface area contributed by atoms with Crippen LogP contribution in [0.3, 0.4) is 0 Å². The lowest BCUT2D eigenvalue weighted by molar-refractivity contribution is 1.16. The van der Waals surface area contributed by atoms with Gasteiger partial charge in [-0.05, 0) is 131 Å². The lowest BCUT2D eigenvalue weighted by Crippen LogP contribution is -1.96. The Kier molecular flexibility index (Phi) is 10.8. The molecule has 0 aliphatic heterocycles. The Hall–Kier alpha value is -11.6. The molecule has 4 aromatic heterocycles. The zero-order chi connectivity index (χ0) is 54.1. The van der Waals surface area contributed by atoms with Crippen molar-refractivity contribution in [2.75, 3.05) is 0 Å². The first-order valence-corrected chi connectivity index (χ1v) is 26.7. The number of hydrogen-bond donors (Lipinski definition) is 0. The minimum atomic E-state index is 0.562. The van der Waals surface area contributed by atoms with Gasteiger partial charge in [0.15, 0.2) is 5.82 Å². The third kappa shape index (κ3) is 7.73. The van der Waals surface area contributed by atoms with Gasteiger partial charge in [0.2, 0.25) is 0 Å². The number of fused-ring (bicyclic) bond motifs is 9. The van der Waals surface area contributed by atoms with Gasteiger partial charge in [-0.2, -0.15) is 15.8 Å². The first kappa shape index (κ1) is 46.7. The van der Waals surface area contributed by atoms with Crippen molar-refractivity contribution < 1.29 is 0 Å². The maximum Gasteiger partial charge on any atom is 0.160 e. The van der Waals surface area contributed by atoms with Gasteiger partial charge in [0, 0.05) is 66.1 Å². The van der Waals surface area contributed by atoms with Crippen LogP contribution < -0.4 is 0 Å². The second-order valence-electron chi connectivity index (χ2n) is 20.3. The van der Waals surface area contributed by atoms with Gasteiger partial charge in [-0.25, -0.2) is 9.97 Å². The summed E-state index contributed by atoms with van der Waals surface area (Å²) in [5.41, 5.74) is 19.3. The summed E-state index contributed by atoms with van der Waals surface area (Å²) in [6, 6.07) is 94.4. The maximum absolute atomic E-state index is 10.6. The number of hydrogen-bond acceptors (Lipinski definition) is 5. The van der Waals surface area contributed by atoms with E-state index in [2.05, 4.69) is 184 Å². The van der Waals surface area contributed by atoms with E-state index in [4.69, 9.17) is 9.97 Å². The number of benzene rings is 11. The predicted octanol–water partition coefficient (Wildman–Crippen LogP) is 17.7. The van der Waals surface area contributed by atoms with Crippen LogP contribution in [0.1, 0.15) is 16.7 Å². The quantitative estimate of drug-likeness (QED) is 0.150. The minimum absolute atomic E-state index is 0.562. The average Bonchev–Trinajstić information content (AvgIpc) is 4.39. The van der Waals surface area contributed by atoms with Crippen LogP contribution in [0.5, 0.6) is 0 Å². The highest BCUT2D eigenvalue weighted by atomic mass is 15.0. The molecule has 0 saturated heterocycles. The van der Waals surface area contributed by atoms with Gasteiger partial charge in [-0.15, -0.1) is 0 Å². The summed E-state index contributed by atoms with van der Waals surface area (Å²) >= 11 is 0. The Morgan fingerprint density at radius 3 is 1.21 bits per heavy atom. The molecule has 4 heterocycles. The zero-order valence-corrected chi connectivity index (χ0v) is 43.3. The molecule has 0 aliphatic rings. The molecular formula is C73H42N8. The number of nitriles is 3. The third-order valence-corrected chi connectivity index (χ3v) is 15.8. The molecule has 0 amide bonds. The molecule has 0 N–H and O–H groups in total. The van der Waals surface area contributed by atoms with Crippen molar-refractivity contribution in [3.8, 4) is 91.4 Å². The monoisotopic (exact) mass is 1030 g/mol. The van der Waals surface area contributed by atoms with Gasteiger partial charge in [0.25, 0.3) is 0 Å². The van der Waals surface area contributed by atoms with Gasteiger partial charge >= 0.3 is 0 Å². The van der Waals surface area contributed by atoms with E-state index in [0.717, 1.165) is 122 Å². The number of nitrogens with zero attached hydrogens (tertiary/aromatic N) is 8. The van der Waals surface area contributed by atoms with Crippen molar-refractivity contribution in [2.45, 2.75) is 0 Å². The fourth-order valence-corrected chi connectivity index (χ4v) is 12.0. The normalized spacial score (nSPS) is 11.4. The van der Waals surface area contributed by atoms with Crippen LogP contribution in [-0.2, 0) is 0 Å². The molecule has 0 radical (unpaired) electrons. The van der Waals surface area contributed by atoms with E-state index in [0.29, 0.717) is 22.5 Å². The fraction of sp³-hybridized carbons (Fsp3) is 0. The average molecular weight is 1030 g/mol. The highest BCUT2D eigenvalue weighted by molar-refractivity contribution is 6.14. The Morgan fingerprint density at radius 1 is 0.272 bits per heavy atom. The van der Waals surface area contributed by atoms with Crippen LogP contribution >= 0.6 is 0 Å². The van der Waals surface area contributed by atoms with E-state index in [1.54, 1.807) is 0 Å². The molecule has 0 unspecified atom stereocenters. The molecule has 0 aliphatic carbocycles. The molecule has 81 heavy (non-hydrogen) atoms. The van der Waals surface area contributed by atoms with Gasteiger partial charge in [0.1, 0.15) is 0 Å². The van der Waals surface area contributed by atoms with Gasteiger partial charge in [-0.1, -0.05) is 146 Å². The van der Waals surface area contributed by atoms with Crippen molar-refractivity contribution in [1.29, 1.82) is 15.8 Å². The van der Waals surface area contributed by atoms with Crippen molar-refractivity contribution >= 4 is 65.4 Å². The Balaban J connectivity index is 0.818. The Bertz CT molecular complexity index is 5000. The molecule has 0 bridgehead atoms. The smallest absolute Gasteiger partial charge is 0.160 e. The molecule has 0 spiro atoms. The molecule has 0 atom stereocenters. The zero-order valence-electron chi connectivity index (χ0n) is 43.3. The molecule has 8 heteroatoms. The maximum atomic E-state index is 10.6. The van der Waals surface area contributed by atoms with Crippen LogP contribution in [0.25, 0.3) is 139 Å². The Labute approximate surface area is 465 Å². The van der Waals surface area contributed by atoms with Crippen molar-refractivity contribution in [1.82, 2.24) is 23.7 Å². The first-order valence-electron chi connectivity index (χ1n) is 26.7. The van der Waals surface area contributed by atoms with E-state index in [9.17, 15) is 15.8 Å². The summed E-state index contributed by atoms with van der Waals surface area (Å²) in [5.74, 6) is 0.660. The van der Waals surface area contributed by atoms with Crippen LogP contribution in [-0.4, -0.2) is 23.7 Å². The predicted molar refractivity (Wildman–Crippen MR) is 326 cm³/mol. The van der Waals surface area contributed by atoms with Crippen LogP contribution in [0.15, 0.2) is 255 Å². The van der Waals surface area contributed by atoms with Crippen LogP contribution in [0, 0.1) is 34.0 Å². The lowest BCUT2D eigenvalue weighted by Gasteiger charge is -2.12. The molecule has 15 aromatic rings. The number of para-hydroxylation sites is 2. The first-order chi connectivity index (χ1) is 40.0. The third-order valence-electron chi connectivity index (χ3n) is 15.8. The number of aromatic nitrogens is 5. The molecule has 15 rings (SSSR count). The summed E-state index contributed by atoms with van der Waals surface area (Å²) in [7, 11) is 0. The van der Waals surface area contributed by atoms with E-state index in [1.165, 1.54) is 10.8 Å². The SMILES string of the molecule is N#Cc1ccc2c(c1)c1cc(C#N)ccc1n2-c1ccc2c(c1)c1cc(-n3c4ccccc4c4ccccc43)ccc1n2-c1ccc(-c2ccc(-c3ccc(-c4cc(-c5ccccc5)nc(-c5ccccc5)n4)cc3)c(C#N)c2)cc1. The molecular weight excluding hydrogens is 989 g/mol. The second kappa shape index (κ2) is 18.8. The lowest BCUT2D eigenvalue weighted by atomic mass is 9.94. The van der Waals surface area contributed by atoms with Gasteiger partial charge < -0.3 is 13.7 Å². The van der Waals surface area contributed by atoms with Crippen molar-refractivity contribution in [2.24, 2.45) is 0 Å². The van der Waals surface area contributed by atoms with E-state index in [-0.39, 0.29) is 0 Å². The molecule has 0 saturated carbocycles. The summed E-state index contributed by atoms with van der Waals surface area (Å²) in [6.07, 6.45) is 0. The largest absolute Gasteiger partial charge is 0.309 e. The van der Waals surface area contributed by atoms with Gasteiger partial charge in [-0.3, -0.25) is 0 Å². The topological polar surface area (TPSA) is 112 Å². The fourth-order valence-electron chi connectivity index (χ4n) is 12.0. The molecule has 0 fully saturated rings. The summed E-state index contributed by atoms with van der Waals surface area (Å²) in [4.78, 5) is 9.98. The molecule has 374 valence electrons. The Morgan fingerprint density at radius 2 is 0.679 bits per heavy atom. The van der Waals surface area contributed by atoms with Gasteiger partial charge in [0.05, 0.1) is 79.4 Å². The highest BCUT2D eigenvalue weighted by Gasteiger charge is 2.21. The second-order valence-corrected chi connectivity index (χ2v) is 20.3. The summed E-state index contributed by atoms with van der Waals surface area (Å²) in [5, 5.41) is 36.9. The summed E-state index contributed by atoms with van der Waals surface area (Å²) in [6.45, 7) is 0. The standard InChI is InChI=1S/C73H42N8/c74-43-46-19-33-69-61(37-46)62-38-47(44-75)20-34-70(62)81(69)57-31-36-72-64(41-57)63-40-56(80-67-17-9-7-15-59(67)60-16-8-10-18-68(60)80)30-35-71(63)79(72)55-28-25-48(26-29-55)53-27-32-58(54(39-53)45-76)49-21-23-51(24-22-49)66-42-65(50-11-3-1-4-12-50)77-73(78-66)52-13-5-2-6-14-52/h1-42H. The minimum Gasteiger partial charge on any atom is -0.309 e. The van der Waals surface area contributed by atoms with E-state index in [1.807, 2.05) is 103 Å². The van der Waals surface area contributed by atoms with E-state index >= 15 is 0 Å². The molecule has 11 aromatic carbocycles.